The molecule has 0 radical (unpaired) electrons. The van der Waals surface area contributed by atoms with Crippen LogP contribution in [0.3, 0.4) is 0 Å². The van der Waals surface area contributed by atoms with E-state index in [-0.39, 0.29) is 0 Å². The molecule has 0 N–H and O–H groups in total. The highest BCUT2D eigenvalue weighted by molar-refractivity contribution is 5.50. The van der Waals surface area contributed by atoms with Crippen LogP contribution in [0.2, 0.25) is 0 Å². The number of azo groups is 1. The average Bonchev–Trinajstić information content (AvgIpc) is 2.40. The number of rotatable bonds is 0. The van der Waals surface area contributed by atoms with Gasteiger partial charge in [0.2, 0.25) is 0 Å². The molecular weight excluding hydrogens is 196 g/mol. The third kappa shape index (κ3) is 1.07. The van der Waals surface area contributed by atoms with Gasteiger partial charge in [-0.2, -0.15) is 10.2 Å². The van der Waals surface area contributed by atoms with Crippen molar-refractivity contribution in [2.75, 3.05) is 0 Å². The van der Waals surface area contributed by atoms with Crippen molar-refractivity contribution in [2.24, 2.45) is 22.1 Å². The van der Waals surface area contributed by atoms with Gasteiger partial charge in [-0.15, -0.1) is 0 Å². The van der Waals surface area contributed by atoms with E-state index >= 15 is 0 Å². The Kier molecular flexibility index (Phi) is 1.76. The highest BCUT2D eigenvalue weighted by atomic mass is 15.2. The second-order valence-electron chi connectivity index (χ2n) is 5.47. The van der Waals surface area contributed by atoms with E-state index in [0.717, 1.165) is 17.5 Å². The van der Waals surface area contributed by atoms with Gasteiger partial charge in [0.25, 0.3) is 0 Å². The van der Waals surface area contributed by atoms with Crippen molar-refractivity contribution in [2.45, 2.75) is 37.6 Å². The lowest BCUT2D eigenvalue weighted by molar-refractivity contribution is 0.111. The Balaban J connectivity index is 1.86. The zero-order valence-electron chi connectivity index (χ0n) is 9.34. The van der Waals surface area contributed by atoms with Crippen LogP contribution in [-0.4, -0.2) is 6.04 Å². The maximum Gasteiger partial charge on any atom is 0.0888 e. The maximum atomic E-state index is 4.60. The van der Waals surface area contributed by atoms with Gasteiger partial charge in [0, 0.05) is 5.92 Å². The SMILES string of the molecule is c1ccc2c(c1)N=N[C@@H]1C3CCC(CC3)[C@@H]21. The minimum absolute atomic E-state index is 0.502. The second-order valence-corrected chi connectivity index (χ2v) is 5.47. The van der Waals surface area contributed by atoms with Crippen molar-refractivity contribution >= 4 is 5.69 Å². The summed E-state index contributed by atoms with van der Waals surface area (Å²) in [5, 5.41) is 9.02. The molecule has 1 heterocycles. The van der Waals surface area contributed by atoms with Crippen molar-refractivity contribution in [1.29, 1.82) is 0 Å². The third-order valence-electron chi connectivity index (χ3n) is 4.77. The lowest BCUT2D eigenvalue weighted by Gasteiger charge is -2.48. The minimum Gasteiger partial charge on any atom is -0.184 e. The van der Waals surface area contributed by atoms with Crippen molar-refractivity contribution in [3.8, 4) is 0 Å². The molecule has 0 saturated heterocycles. The lowest BCUT2D eigenvalue weighted by atomic mass is 9.59. The van der Waals surface area contributed by atoms with Gasteiger partial charge < -0.3 is 0 Å². The van der Waals surface area contributed by atoms with E-state index in [1.807, 2.05) is 0 Å². The van der Waals surface area contributed by atoms with Crippen LogP contribution in [0.15, 0.2) is 34.5 Å². The molecule has 0 spiro atoms. The van der Waals surface area contributed by atoms with E-state index in [4.69, 9.17) is 0 Å². The Bertz CT molecular complexity index is 444. The standard InChI is InChI=1S/C14H16N2/c1-2-4-12-11(3-1)13-9-5-7-10(8-6-9)14(13)16-15-12/h1-4,9-10,13-14H,5-8H2/t9?,10?,13-,14+/m0/s1. The highest BCUT2D eigenvalue weighted by Crippen LogP contribution is 2.54. The van der Waals surface area contributed by atoms with Gasteiger partial charge in [0.15, 0.2) is 0 Å². The minimum atomic E-state index is 0.502. The molecule has 1 aromatic carbocycles. The van der Waals surface area contributed by atoms with Crippen molar-refractivity contribution in [3.63, 3.8) is 0 Å². The number of benzene rings is 1. The zero-order valence-corrected chi connectivity index (χ0v) is 9.34. The van der Waals surface area contributed by atoms with E-state index in [1.165, 1.54) is 31.2 Å². The quantitative estimate of drug-likeness (QED) is 0.619. The number of hydrogen-bond donors (Lipinski definition) is 0. The van der Waals surface area contributed by atoms with Crippen LogP contribution in [-0.2, 0) is 0 Å². The van der Waals surface area contributed by atoms with Crippen molar-refractivity contribution in [1.82, 2.24) is 0 Å². The predicted molar refractivity (Wildman–Crippen MR) is 62.9 cm³/mol. The molecule has 2 bridgehead atoms. The van der Waals surface area contributed by atoms with E-state index < -0.39 is 0 Å². The molecule has 1 aromatic rings. The first-order valence-electron chi connectivity index (χ1n) is 6.43. The van der Waals surface area contributed by atoms with E-state index in [2.05, 4.69) is 34.5 Å². The van der Waals surface area contributed by atoms with Crippen LogP contribution in [0.5, 0.6) is 0 Å². The topological polar surface area (TPSA) is 24.7 Å². The Labute approximate surface area is 95.8 Å². The molecule has 3 saturated carbocycles. The number of nitrogens with zero attached hydrogens (tertiary/aromatic N) is 2. The van der Waals surface area contributed by atoms with Gasteiger partial charge >= 0.3 is 0 Å². The van der Waals surface area contributed by atoms with Crippen LogP contribution in [0.25, 0.3) is 0 Å². The molecule has 4 aliphatic rings. The fourth-order valence-electron chi connectivity index (χ4n) is 4.01. The smallest absolute Gasteiger partial charge is 0.0888 e. The lowest BCUT2D eigenvalue weighted by Crippen LogP contribution is -2.42. The Morgan fingerprint density at radius 2 is 1.69 bits per heavy atom. The normalized spacial score (nSPS) is 39.2. The molecule has 3 aliphatic carbocycles. The van der Waals surface area contributed by atoms with Crippen LogP contribution < -0.4 is 0 Å². The third-order valence-corrected chi connectivity index (χ3v) is 4.77. The van der Waals surface area contributed by atoms with E-state index in [0.29, 0.717) is 12.0 Å². The Hall–Kier alpha value is -1.18. The summed E-state index contributed by atoms with van der Waals surface area (Å²) in [6.45, 7) is 0. The summed E-state index contributed by atoms with van der Waals surface area (Å²) in [5.74, 6) is 2.36. The Morgan fingerprint density at radius 1 is 0.938 bits per heavy atom. The molecular formula is C14H16N2. The molecule has 16 heavy (non-hydrogen) atoms. The largest absolute Gasteiger partial charge is 0.184 e. The molecule has 0 unspecified atom stereocenters. The molecule has 3 fully saturated rings. The van der Waals surface area contributed by atoms with Gasteiger partial charge in [-0.05, 0) is 49.1 Å². The summed E-state index contributed by atoms with van der Waals surface area (Å²) in [6, 6.07) is 9.10. The molecule has 0 aromatic heterocycles. The Morgan fingerprint density at radius 3 is 2.56 bits per heavy atom. The van der Waals surface area contributed by atoms with E-state index in [1.54, 1.807) is 0 Å². The molecule has 82 valence electrons. The molecule has 1 aliphatic heterocycles. The summed E-state index contributed by atoms with van der Waals surface area (Å²) in [4.78, 5) is 0. The first kappa shape index (κ1) is 8.91. The van der Waals surface area contributed by atoms with Gasteiger partial charge in [-0.1, -0.05) is 18.2 Å². The summed E-state index contributed by atoms with van der Waals surface area (Å²) in [7, 11) is 0. The van der Waals surface area contributed by atoms with Gasteiger partial charge in [-0.3, -0.25) is 0 Å². The second kappa shape index (κ2) is 3.16. The summed E-state index contributed by atoms with van der Waals surface area (Å²) in [5.41, 5.74) is 2.59. The maximum absolute atomic E-state index is 4.60. The predicted octanol–water partition coefficient (Wildman–Crippen LogP) is 4.06. The fraction of sp³-hybridized carbons (Fsp3) is 0.571. The fourth-order valence-corrected chi connectivity index (χ4v) is 4.01. The summed E-state index contributed by atoms with van der Waals surface area (Å²) < 4.78 is 0. The number of hydrogen-bond acceptors (Lipinski definition) is 2. The highest BCUT2D eigenvalue weighted by Gasteiger charge is 2.46. The molecule has 5 rings (SSSR count). The molecule has 2 heteroatoms. The molecule has 2 atom stereocenters. The number of fused-ring (bicyclic) bond motifs is 3. The van der Waals surface area contributed by atoms with Gasteiger partial charge in [-0.25, -0.2) is 0 Å². The van der Waals surface area contributed by atoms with Crippen LogP contribution >= 0.6 is 0 Å². The summed E-state index contributed by atoms with van der Waals surface area (Å²) >= 11 is 0. The monoisotopic (exact) mass is 212 g/mol. The van der Waals surface area contributed by atoms with E-state index in [9.17, 15) is 0 Å². The van der Waals surface area contributed by atoms with Crippen LogP contribution in [0.1, 0.15) is 37.2 Å². The van der Waals surface area contributed by atoms with Crippen molar-refractivity contribution < 1.29 is 0 Å². The van der Waals surface area contributed by atoms with Crippen LogP contribution in [0.4, 0.5) is 5.69 Å². The average molecular weight is 212 g/mol. The summed E-state index contributed by atoms with van der Waals surface area (Å²) in [6.07, 6.45) is 5.59. The first-order chi connectivity index (χ1) is 7.93. The molecule has 2 nitrogen and oxygen atoms in total. The van der Waals surface area contributed by atoms with Crippen LogP contribution in [0, 0.1) is 11.8 Å². The molecule has 0 amide bonds. The first-order valence-corrected chi connectivity index (χ1v) is 6.43. The van der Waals surface area contributed by atoms with Gasteiger partial charge in [0.1, 0.15) is 0 Å². The zero-order chi connectivity index (χ0) is 10.5. The van der Waals surface area contributed by atoms with Gasteiger partial charge in [0.05, 0.1) is 11.7 Å². The van der Waals surface area contributed by atoms with Crippen molar-refractivity contribution in [3.05, 3.63) is 29.8 Å².